The topological polar surface area (TPSA) is 97.8 Å². The van der Waals surface area contributed by atoms with Gasteiger partial charge >= 0.3 is 12.2 Å². The maximum atomic E-state index is 13.1. The van der Waals surface area contributed by atoms with Crippen molar-refractivity contribution in [3.05, 3.63) is 93.8 Å². The number of nitrogens with zero attached hydrogens (tertiary/aromatic N) is 3. The summed E-state index contributed by atoms with van der Waals surface area (Å²) in [4.78, 5) is 20.8. The van der Waals surface area contributed by atoms with E-state index in [9.17, 15) is 18.0 Å². The van der Waals surface area contributed by atoms with E-state index in [1.165, 1.54) is 0 Å². The van der Waals surface area contributed by atoms with E-state index in [0.717, 1.165) is 39.4 Å². The molecule has 0 aliphatic carbocycles. The van der Waals surface area contributed by atoms with E-state index in [1.807, 2.05) is 32.0 Å². The average molecular weight is 589 g/mol. The van der Waals surface area contributed by atoms with Gasteiger partial charge in [-0.05, 0) is 42.5 Å². The third-order valence-corrected chi connectivity index (χ3v) is 7.21. The van der Waals surface area contributed by atoms with Crippen molar-refractivity contribution in [1.29, 1.82) is 5.41 Å². The number of aryl methyl sites for hydroxylation is 1. The molecule has 0 bridgehead atoms. The highest BCUT2D eigenvalue weighted by atomic mass is 35.5. The summed E-state index contributed by atoms with van der Waals surface area (Å²) in [6.45, 7) is 8.55. The zero-order chi connectivity index (χ0) is 30.2. The number of amides is 2. The Morgan fingerprint density at radius 1 is 1.22 bits per heavy atom. The molecule has 41 heavy (non-hydrogen) atoms. The normalized spacial score (nSPS) is 16.0. The average Bonchev–Trinajstić information content (AvgIpc) is 2.94. The fraction of sp³-hybridized carbons (Fsp3) is 0.367. The van der Waals surface area contributed by atoms with Crippen LogP contribution >= 0.6 is 11.6 Å². The first-order valence-corrected chi connectivity index (χ1v) is 13.7. The number of hydrogen-bond donors (Lipinski definition) is 3. The molecule has 1 saturated heterocycles. The van der Waals surface area contributed by atoms with Crippen LogP contribution in [0.4, 0.5) is 18.0 Å². The number of piperidine rings is 1. The van der Waals surface area contributed by atoms with E-state index < -0.39 is 25.2 Å². The number of aliphatic imine (C=N–C) groups is 1. The van der Waals surface area contributed by atoms with Crippen LogP contribution in [0.2, 0.25) is 5.02 Å². The molecule has 0 radical (unpaired) electrons. The molecule has 0 saturated carbocycles. The van der Waals surface area contributed by atoms with Gasteiger partial charge < -0.3 is 16.0 Å². The quantitative estimate of drug-likeness (QED) is 0.237. The molecule has 0 aromatic heterocycles. The van der Waals surface area contributed by atoms with E-state index >= 15 is 0 Å². The summed E-state index contributed by atoms with van der Waals surface area (Å²) in [5.41, 5.74) is 11.4. The number of nitrogens with two attached hydrogens (primary N) is 1. The predicted octanol–water partition coefficient (Wildman–Crippen LogP) is 6.29. The van der Waals surface area contributed by atoms with Crippen LogP contribution in [0.15, 0.2) is 77.1 Å². The van der Waals surface area contributed by atoms with Crippen molar-refractivity contribution in [3.8, 4) is 0 Å². The van der Waals surface area contributed by atoms with Crippen molar-refractivity contribution >= 4 is 29.2 Å². The summed E-state index contributed by atoms with van der Waals surface area (Å²) in [5, 5.41) is 11.7. The van der Waals surface area contributed by atoms with Gasteiger partial charge in [-0.25, -0.2) is 4.79 Å². The Kier molecular flexibility index (Phi) is 11.0. The van der Waals surface area contributed by atoms with E-state index in [0.29, 0.717) is 42.3 Å². The highest BCUT2D eigenvalue weighted by Gasteiger charge is 2.31. The zero-order valence-corrected chi connectivity index (χ0v) is 24.1. The smallest absolute Gasteiger partial charge is 0.390 e. The van der Waals surface area contributed by atoms with Crippen molar-refractivity contribution in [3.63, 3.8) is 0 Å². The standard InChI is InChI=1S/C30H36ClF3N6O/c1-4-21-9-11-22(12-10-21)28(36)40(16-14-30(32,33)34)29(41)38-18-26(35)24-13-15-39(20(2)3)19-27(24)37-17-23-7-5-6-8-25(23)31/h5-12,36H,2,4,13-19,35H2,1,3H3,(H,38,41)/b26-24-,36-28?,37-27?. The van der Waals surface area contributed by atoms with Crippen LogP contribution in [-0.4, -0.2) is 59.7 Å². The minimum atomic E-state index is -4.49. The lowest BCUT2D eigenvalue weighted by Gasteiger charge is -2.32. The molecule has 1 heterocycles. The van der Waals surface area contributed by atoms with Gasteiger partial charge in [-0.3, -0.25) is 15.3 Å². The second-order valence-corrected chi connectivity index (χ2v) is 10.2. The van der Waals surface area contributed by atoms with Gasteiger partial charge in [0.1, 0.15) is 5.84 Å². The Hall–Kier alpha value is -3.79. The molecule has 220 valence electrons. The van der Waals surface area contributed by atoms with Crippen molar-refractivity contribution < 1.29 is 18.0 Å². The van der Waals surface area contributed by atoms with Gasteiger partial charge in [0, 0.05) is 35.1 Å². The first-order chi connectivity index (χ1) is 19.4. The Balaban J connectivity index is 1.81. The number of hydrogen-bond acceptors (Lipinski definition) is 5. The van der Waals surface area contributed by atoms with E-state index in [2.05, 4.69) is 16.8 Å². The number of rotatable bonds is 9. The van der Waals surface area contributed by atoms with Gasteiger partial charge in [0.25, 0.3) is 0 Å². The molecule has 0 unspecified atom stereocenters. The molecular formula is C30H36ClF3N6O. The molecule has 2 aromatic carbocycles. The van der Waals surface area contributed by atoms with Gasteiger partial charge in [-0.1, -0.05) is 67.6 Å². The monoisotopic (exact) mass is 588 g/mol. The molecule has 1 aliphatic rings. The van der Waals surface area contributed by atoms with E-state index in [-0.39, 0.29) is 12.4 Å². The van der Waals surface area contributed by atoms with Crippen molar-refractivity contribution in [2.24, 2.45) is 10.7 Å². The van der Waals surface area contributed by atoms with Crippen LogP contribution in [0, 0.1) is 5.41 Å². The summed E-state index contributed by atoms with van der Waals surface area (Å²) < 4.78 is 39.2. The summed E-state index contributed by atoms with van der Waals surface area (Å²) >= 11 is 6.30. The van der Waals surface area contributed by atoms with Crippen LogP contribution in [0.5, 0.6) is 0 Å². The minimum Gasteiger partial charge on any atom is -0.400 e. The number of halogens is 4. The minimum absolute atomic E-state index is 0.114. The second kappa shape index (κ2) is 14.2. The van der Waals surface area contributed by atoms with Crippen LogP contribution in [0.25, 0.3) is 0 Å². The Labute approximate surface area is 244 Å². The number of amidine groups is 1. The number of carbonyl (C=O) groups excluding carboxylic acids is 1. The molecule has 11 heteroatoms. The maximum absolute atomic E-state index is 13.1. The highest BCUT2D eigenvalue weighted by molar-refractivity contribution is 6.31. The molecular weight excluding hydrogens is 553 g/mol. The SMILES string of the molecule is C=C(C)N1CC/C(=C(/N)CNC(=O)N(CCC(F)(F)F)C(=N)c2ccc(CC)cc2)C(=NCc2ccccc2Cl)C1. The Morgan fingerprint density at radius 3 is 2.51 bits per heavy atom. The Morgan fingerprint density at radius 2 is 1.90 bits per heavy atom. The number of allylic oxidation sites excluding steroid dienone is 1. The molecule has 1 aliphatic heterocycles. The number of likely N-dealkylation sites (tertiary alicyclic amines) is 1. The number of benzene rings is 2. The van der Waals surface area contributed by atoms with Crippen LogP contribution in [0.3, 0.4) is 0 Å². The van der Waals surface area contributed by atoms with Gasteiger partial charge in [0.05, 0.1) is 31.8 Å². The third-order valence-electron chi connectivity index (χ3n) is 6.85. The van der Waals surface area contributed by atoms with Crippen molar-refractivity contribution in [1.82, 2.24) is 15.1 Å². The first-order valence-electron chi connectivity index (χ1n) is 13.3. The molecule has 0 spiro atoms. The molecule has 3 rings (SSSR count). The van der Waals surface area contributed by atoms with Crippen molar-refractivity contribution in [2.45, 2.75) is 45.8 Å². The zero-order valence-electron chi connectivity index (χ0n) is 23.3. The molecule has 0 atom stereocenters. The van der Waals surface area contributed by atoms with Crippen LogP contribution in [0.1, 0.15) is 43.4 Å². The summed E-state index contributed by atoms with van der Waals surface area (Å²) in [5.74, 6) is -0.322. The van der Waals surface area contributed by atoms with Crippen molar-refractivity contribution in [2.75, 3.05) is 26.2 Å². The third kappa shape index (κ3) is 9.11. The molecule has 7 nitrogen and oxygen atoms in total. The number of urea groups is 1. The highest BCUT2D eigenvalue weighted by Crippen LogP contribution is 2.23. The maximum Gasteiger partial charge on any atom is 0.390 e. The molecule has 2 aromatic rings. The molecule has 1 fully saturated rings. The lowest BCUT2D eigenvalue weighted by molar-refractivity contribution is -0.135. The van der Waals surface area contributed by atoms with Gasteiger partial charge in [-0.2, -0.15) is 13.2 Å². The van der Waals surface area contributed by atoms with Gasteiger partial charge in [-0.15, -0.1) is 0 Å². The van der Waals surface area contributed by atoms with E-state index in [4.69, 9.17) is 27.7 Å². The van der Waals surface area contributed by atoms with Crippen LogP contribution in [-0.2, 0) is 13.0 Å². The molecule has 2 amide bonds. The lowest BCUT2D eigenvalue weighted by Crippen LogP contribution is -2.46. The second-order valence-electron chi connectivity index (χ2n) is 9.84. The number of carbonyl (C=O) groups is 1. The Bertz CT molecular complexity index is 1320. The largest absolute Gasteiger partial charge is 0.400 e. The number of alkyl halides is 3. The summed E-state index contributed by atoms with van der Waals surface area (Å²) in [6, 6.07) is 13.4. The summed E-state index contributed by atoms with van der Waals surface area (Å²) in [7, 11) is 0. The number of nitrogens with one attached hydrogen (secondary N) is 2. The fourth-order valence-electron chi connectivity index (χ4n) is 4.35. The predicted molar refractivity (Wildman–Crippen MR) is 158 cm³/mol. The summed E-state index contributed by atoms with van der Waals surface area (Å²) in [6.07, 6.45) is -4.42. The fourth-order valence-corrected chi connectivity index (χ4v) is 4.55. The molecule has 4 N–H and O–H groups in total. The van der Waals surface area contributed by atoms with Gasteiger partial charge in [0.2, 0.25) is 0 Å². The lowest BCUT2D eigenvalue weighted by atomic mass is 9.98. The van der Waals surface area contributed by atoms with Gasteiger partial charge in [0.15, 0.2) is 0 Å². The van der Waals surface area contributed by atoms with E-state index in [1.54, 1.807) is 30.3 Å². The van der Waals surface area contributed by atoms with Crippen LogP contribution < -0.4 is 11.1 Å². The first kappa shape index (κ1) is 31.7.